The van der Waals surface area contributed by atoms with Gasteiger partial charge in [-0.15, -0.1) is 0 Å². The molecule has 6 heteroatoms. The van der Waals surface area contributed by atoms with Gasteiger partial charge in [0.15, 0.2) is 0 Å². The van der Waals surface area contributed by atoms with Crippen LogP contribution in [-0.4, -0.2) is 11.6 Å². The van der Waals surface area contributed by atoms with Crippen molar-refractivity contribution in [1.82, 2.24) is 0 Å². The molecule has 4 aromatic rings. The maximum absolute atomic E-state index is 13.4. The van der Waals surface area contributed by atoms with E-state index in [0.29, 0.717) is 33.3 Å². The zero-order chi connectivity index (χ0) is 24.2. The number of benzene rings is 4. The van der Waals surface area contributed by atoms with Crippen LogP contribution in [0.25, 0.3) is 6.08 Å². The summed E-state index contributed by atoms with van der Waals surface area (Å²) in [5.41, 5.74) is 4.01. The molecule has 0 unspecified atom stereocenters. The fourth-order valence-electron chi connectivity index (χ4n) is 3.78. The van der Waals surface area contributed by atoms with Crippen LogP contribution < -0.4 is 9.75 Å². The fraction of sp³-hybridized carbons (Fsp3) is 0.0345. The van der Waals surface area contributed by atoms with E-state index < -0.39 is 0 Å². The molecule has 172 valence electrons. The van der Waals surface area contributed by atoms with E-state index in [-0.39, 0.29) is 18.3 Å². The molecule has 4 aromatic carbocycles. The third-order valence-corrected chi connectivity index (χ3v) is 5.77. The quantitative estimate of drug-likeness (QED) is 0.281. The Morgan fingerprint density at radius 2 is 1.63 bits per heavy atom. The topological polar surface area (TPSA) is 41.9 Å². The third-order valence-electron chi connectivity index (χ3n) is 5.48. The van der Waals surface area contributed by atoms with Crippen molar-refractivity contribution in [3.05, 3.63) is 136 Å². The number of ether oxygens (including phenoxy) is 1. The van der Waals surface area contributed by atoms with Gasteiger partial charge in [0.1, 0.15) is 23.9 Å². The van der Waals surface area contributed by atoms with Gasteiger partial charge in [-0.3, -0.25) is 4.79 Å². The molecule has 0 saturated heterocycles. The molecule has 1 aliphatic rings. The minimum atomic E-state index is -0.319. The highest BCUT2D eigenvalue weighted by Gasteiger charge is 2.31. The van der Waals surface area contributed by atoms with E-state index in [1.165, 1.54) is 17.1 Å². The zero-order valence-corrected chi connectivity index (χ0v) is 19.3. The molecule has 1 heterocycles. The number of anilines is 1. The van der Waals surface area contributed by atoms with Gasteiger partial charge in [-0.05, 0) is 53.6 Å². The van der Waals surface area contributed by atoms with Gasteiger partial charge in [-0.1, -0.05) is 78.3 Å². The summed E-state index contributed by atoms with van der Waals surface area (Å²) in [5.74, 6) is -0.0721. The summed E-state index contributed by atoms with van der Waals surface area (Å²) in [7, 11) is 0. The van der Waals surface area contributed by atoms with Crippen LogP contribution in [0.15, 0.2) is 114 Å². The highest BCUT2D eigenvalue weighted by atomic mass is 35.5. The first kappa shape index (κ1) is 22.6. The Bertz CT molecular complexity index is 1440. The Morgan fingerprint density at radius 1 is 0.886 bits per heavy atom. The van der Waals surface area contributed by atoms with E-state index in [1.807, 2.05) is 66.7 Å². The molecule has 0 fully saturated rings. The lowest BCUT2D eigenvalue weighted by molar-refractivity contribution is -0.114. The molecule has 1 aliphatic heterocycles. The maximum atomic E-state index is 13.4. The van der Waals surface area contributed by atoms with Crippen LogP contribution in [0.5, 0.6) is 5.75 Å². The first-order valence-electron chi connectivity index (χ1n) is 11.0. The summed E-state index contributed by atoms with van der Waals surface area (Å²) in [5, 5.41) is 6.44. The average molecular weight is 483 g/mol. The van der Waals surface area contributed by atoms with Crippen LogP contribution in [0, 0.1) is 5.82 Å². The molecule has 0 atom stereocenters. The number of halogens is 2. The molecular formula is C29H20ClFN2O2. The summed E-state index contributed by atoms with van der Waals surface area (Å²) in [4.78, 5) is 13.4. The van der Waals surface area contributed by atoms with Crippen molar-refractivity contribution >= 4 is 35.0 Å². The largest absolute Gasteiger partial charge is 0.487 e. The summed E-state index contributed by atoms with van der Waals surface area (Å²) in [6.07, 6.45) is 1.78. The van der Waals surface area contributed by atoms with Crippen molar-refractivity contribution < 1.29 is 13.9 Å². The third kappa shape index (κ3) is 5.00. The molecule has 0 N–H and O–H groups in total. The van der Waals surface area contributed by atoms with Gasteiger partial charge in [0.2, 0.25) is 0 Å². The first-order chi connectivity index (χ1) is 17.1. The van der Waals surface area contributed by atoms with Crippen molar-refractivity contribution in [3.8, 4) is 5.75 Å². The number of para-hydroxylation sites is 1. The van der Waals surface area contributed by atoms with Gasteiger partial charge in [-0.2, -0.15) is 10.1 Å². The molecule has 0 saturated carbocycles. The average Bonchev–Trinajstić information content (AvgIpc) is 3.20. The van der Waals surface area contributed by atoms with Crippen molar-refractivity contribution in [2.75, 3.05) is 5.01 Å². The minimum absolute atomic E-state index is 0.188. The van der Waals surface area contributed by atoms with Gasteiger partial charge >= 0.3 is 0 Å². The van der Waals surface area contributed by atoms with Crippen molar-refractivity contribution in [1.29, 1.82) is 0 Å². The lowest BCUT2D eigenvalue weighted by Crippen LogP contribution is -2.21. The zero-order valence-electron chi connectivity index (χ0n) is 18.6. The molecule has 0 radical (unpaired) electrons. The number of hydrazone groups is 1. The SMILES string of the molecule is O=C1/C(=C\c2ccc(OCc3cccc(F)c3)c(Cl)c2)C(c2ccccc2)=NN1c1ccccc1. The van der Waals surface area contributed by atoms with E-state index in [9.17, 15) is 9.18 Å². The predicted octanol–water partition coefficient (Wildman–Crippen LogP) is 6.89. The second-order valence-corrected chi connectivity index (χ2v) is 8.34. The van der Waals surface area contributed by atoms with E-state index >= 15 is 0 Å². The highest BCUT2D eigenvalue weighted by molar-refractivity contribution is 6.37. The van der Waals surface area contributed by atoms with E-state index in [4.69, 9.17) is 16.3 Å². The first-order valence-corrected chi connectivity index (χ1v) is 11.4. The summed E-state index contributed by atoms with van der Waals surface area (Å²) >= 11 is 6.47. The summed E-state index contributed by atoms with van der Waals surface area (Å²) < 4.78 is 19.2. The lowest BCUT2D eigenvalue weighted by atomic mass is 10.0. The van der Waals surface area contributed by atoms with Gasteiger partial charge in [0.05, 0.1) is 16.3 Å². The number of carbonyl (C=O) groups is 1. The number of carbonyl (C=O) groups excluding carboxylic acids is 1. The van der Waals surface area contributed by atoms with E-state index in [2.05, 4.69) is 5.10 Å². The van der Waals surface area contributed by atoms with Crippen molar-refractivity contribution in [2.45, 2.75) is 6.61 Å². The molecule has 0 aromatic heterocycles. The molecule has 4 nitrogen and oxygen atoms in total. The molecule has 0 bridgehead atoms. The molecule has 0 aliphatic carbocycles. The maximum Gasteiger partial charge on any atom is 0.281 e. The van der Waals surface area contributed by atoms with Gasteiger partial charge < -0.3 is 4.74 Å². The van der Waals surface area contributed by atoms with E-state index in [1.54, 1.807) is 30.3 Å². The smallest absolute Gasteiger partial charge is 0.281 e. The normalized spacial score (nSPS) is 14.3. The highest BCUT2D eigenvalue weighted by Crippen LogP contribution is 2.31. The second-order valence-electron chi connectivity index (χ2n) is 7.93. The number of rotatable bonds is 6. The monoisotopic (exact) mass is 482 g/mol. The molecule has 5 rings (SSSR count). The predicted molar refractivity (Wildman–Crippen MR) is 137 cm³/mol. The Balaban J connectivity index is 1.44. The fourth-order valence-corrected chi connectivity index (χ4v) is 4.02. The van der Waals surface area contributed by atoms with Crippen LogP contribution in [0.2, 0.25) is 5.02 Å². The Morgan fingerprint density at radius 3 is 2.34 bits per heavy atom. The lowest BCUT2D eigenvalue weighted by Gasteiger charge is -2.11. The van der Waals surface area contributed by atoms with Crippen LogP contribution in [0.4, 0.5) is 10.1 Å². The molecular weight excluding hydrogens is 463 g/mol. The summed E-state index contributed by atoms with van der Waals surface area (Å²) in [6, 6.07) is 30.4. The van der Waals surface area contributed by atoms with Crippen molar-refractivity contribution in [2.24, 2.45) is 5.10 Å². The number of hydrogen-bond donors (Lipinski definition) is 0. The standard InChI is InChI=1S/C29H20ClFN2O2/c30-26-18-20(14-15-27(26)35-19-21-8-7-11-23(31)16-21)17-25-28(22-9-3-1-4-10-22)32-33(29(25)34)24-12-5-2-6-13-24/h1-18H,19H2/b25-17-. The van der Waals surface area contributed by atoms with Crippen LogP contribution in [0.1, 0.15) is 16.7 Å². The Hall–Kier alpha value is -4.22. The van der Waals surface area contributed by atoms with Crippen LogP contribution >= 0.6 is 11.6 Å². The van der Waals surface area contributed by atoms with E-state index in [0.717, 1.165) is 11.1 Å². The Kier molecular flexibility index (Phi) is 6.42. The molecule has 35 heavy (non-hydrogen) atoms. The van der Waals surface area contributed by atoms with Gasteiger partial charge in [0, 0.05) is 5.56 Å². The number of amides is 1. The molecule has 0 spiro atoms. The van der Waals surface area contributed by atoms with Crippen molar-refractivity contribution in [3.63, 3.8) is 0 Å². The number of nitrogens with zero attached hydrogens (tertiary/aromatic N) is 2. The second kappa shape index (κ2) is 9.95. The number of hydrogen-bond acceptors (Lipinski definition) is 3. The van der Waals surface area contributed by atoms with Gasteiger partial charge in [0.25, 0.3) is 5.91 Å². The summed E-state index contributed by atoms with van der Waals surface area (Å²) in [6.45, 7) is 0.188. The van der Waals surface area contributed by atoms with Gasteiger partial charge in [-0.25, -0.2) is 4.39 Å². The molecule has 1 amide bonds. The van der Waals surface area contributed by atoms with Crippen LogP contribution in [0.3, 0.4) is 0 Å². The Labute approximate surface area is 207 Å². The minimum Gasteiger partial charge on any atom is -0.487 e. The van der Waals surface area contributed by atoms with Crippen LogP contribution in [-0.2, 0) is 11.4 Å².